The van der Waals surface area contributed by atoms with Crippen LogP contribution in [-0.2, 0) is 6.42 Å². The van der Waals surface area contributed by atoms with Gasteiger partial charge >= 0.3 is 0 Å². The first-order valence-electron chi connectivity index (χ1n) is 8.11. The molecule has 0 spiro atoms. The summed E-state index contributed by atoms with van der Waals surface area (Å²) in [5, 5.41) is 7.27. The minimum atomic E-state index is -0.260. The number of nitrogens with zero attached hydrogens (tertiary/aromatic N) is 1. The number of hydrogen-bond acceptors (Lipinski definition) is 3. The van der Waals surface area contributed by atoms with Crippen LogP contribution in [0.15, 0.2) is 67.0 Å². The number of benzene rings is 2. The van der Waals surface area contributed by atoms with Crippen molar-refractivity contribution < 1.29 is 4.79 Å². The van der Waals surface area contributed by atoms with E-state index in [0.29, 0.717) is 22.8 Å². The van der Waals surface area contributed by atoms with Gasteiger partial charge in [-0.1, -0.05) is 47.5 Å². The van der Waals surface area contributed by atoms with Crippen LogP contribution < -0.4 is 10.6 Å². The maximum absolute atomic E-state index is 12.4. The number of para-hydroxylation sites is 1. The zero-order valence-electron chi connectivity index (χ0n) is 13.9. The Kier molecular flexibility index (Phi) is 6.10. The van der Waals surface area contributed by atoms with Crippen molar-refractivity contribution in [1.29, 1.82) is 0 Å². The molecule has 0 atom stereocenters. The minimum Gasteiger partial charge on any atom is -0.383 e. The molecule has 0 saturated carbocycles. The van der Waals surface area contributed by atoms with Gasteiger partial charge in [0.15, 0.2) is 0 Å². The predicted molar refractivity (Wildman–Crippen MR) is 107 cm³/mol. The van der Waals surface area contributed by atoms with Gasteiger partial charge < -0.3 is 10.6 Å². The third-order valence-electron chi connectivity index (χ3n) is 3.75. The Balaban J connectivity index is 1.60. The van der Waals surface area contributed by atoms with Gasteiger partial charge in [-0.05, 0) is 42.3 Å². The largest absolute Gasteiger partial charge is 0.383 e. The number of amides is 1. The normalized spacial score (nSPS) is 10.4. The van der Waals surface area contributed by atoms with E-state index in [9.17, 15) is 4.79 Å². The highest BCUT2D eigenvalue weighted by Crippen LogP contribution is 2.21. The lowest BCUT2D eigenvalue weighted by atomic mass is 10.1. The van der Waals surface area contributed by atoms with E-state index < -0.39 is 0 Å². The Labute approximate surface area is 162 Å². The van der Waals surface area contributed by atoms with Gasteiger partial charge in [0, 0.05) is 24.0 Å². The van der Waals surface area contributed by atoms with Crippen LogP contribution in [-0.4, -0.2) is 17.4 Å². The molecule has 132 valence electrons. The van der Waals surface area contributed by atoms with E-state index in [2.05, 4.69) is 15.6 Å². The lowest BCUT2D eigenvalue weighted by Crippen LogP contribution is -2.13. The van der Waals surface area contributed by atoms with E-state index in [-0.39, 0.29) is 5.91 Å². The molecule has 3 aromatic rings. The molecule has 2 N–H and O–H groups in total. The molecule has 1 heterocycles. The number of carbonyl (C=O) groups is 1. The van der Waals surface area contributed by atoms with Gasteiger partial charge in [0.25, 0.3) is 5.91 Å². The van der Waals surface area contributed by atoms with Crippen LogP contribution in [0.25, 0.3) is 0 Å². The van der Waals surface area contributed by atoms with Crippen molar-refractivity contribution in [2.24, 2.45) is 0 Å². The Hall–Kier alpha value is -2.56. The Morgan fingerprint density at radius 3 is 2.65 bits per heavy atom. The molecule has 1 amide bonds. The quantitative estimate of drug-likeness (QED) is 0.605. The highest BCUT2D eigenvalue weighted by atomic mass is 35.5. The van der Waals surface area contributed by atoms with Crippen LogP contribution in [0.1, 0.15) is 15.9 Å². The molecule has 4 nitrogen and oxygen atoms in total. The molecule has 0 aliphatic heterocycles. The Morgan fingerprint density at radius 2 is 1.85 bits per heavy atom. The Bertz CT molecular complexity index is 915. The van der Waals surface area contributed by atoms with Gasteiger partial charge in [0.2, 0.25) is 0 Å². The fourth-order valence-corrected chi connectivity index (χ4v) is 2.86. The van der Waals surface area contributed by atoms with Gasteiger partial charge in [-0.25, -0.2) is 0 Å². The molecule has 2 aromatic carbocycles. The van der Waals surface area contributed by atoms with E-state index in [1.807, 2.05) is 36.4 Å². The summed E-state index contributed by atoms with van der Waals surface area (Å²) >= 11 is 12.1. The highest BCUT2D eigenvalue weighted by Gasteiger charge is 2.09. The molecule has 0 fully saturated rings. The highest BCUT2D eigenvalue weighted by molar-refractivity contribution is 6.33. The fourth-order valence-electron chi connectivity index (χ4n) is 2.46. The van der Waals surface area contributed by atoms with Crippen molar-refractivity contribution in [3.63, 3.8) is 0 Å². The monoisotopic (exact) mass is 385 g/mol. The van der Waals surface area contributed by atoms with Gasteiger partial charge in [0.1, 0.15) is 0 Å². The molecule has 0 bridgehead atoms. The molecule has 6 heteroatoms. The third-order valence-corrected chi connectivity index (χ3v) is 4.32. The molecular formula is C20H17Cl2N3O. The minimum absolute atomic E-state index is 0.260. The molecule has 0 unspecified atom stereocenters. The van der Waals surface area contributed by atoms with Crippen molar-refractivity contribution in [2.75, 3.05) is 17.2 Å². The maximum atomic E-state index is 12.4. The van der Waals surface area contributed by atoms with Crippen molar-refractivity contribution >= 4 is 40.5 Å². The number of pyridine rings is 1. The lowest BCUT2D eigenvalue weighted by Gasteiger charge is -2.09. The van der Waals surface area contributed by atoms with E-state index in [1.165, 1.54) is 6.20 Å². The molecule has 26 heavy (non-hydrogen) atoms. The van der Waals surface area contributed by atoms with Crippen LogP contribution in [0.3, 0.4) is 0 Å². The summed E-state index contributed by atoms with van der Waals surface area (Å²) in [6.07, 6.45) is 4.02. The fraction of sp³-hybridized carbons (Fsp3) is 0.100. The van der Waals surface area contributed by atoms with Crippen LogP contribution >= 0.6 is 23.2 Å². The average molecular weight is 386 g/mol. The topological polar surface area (TPSA) is 54.0 Å². The summed E-state index contributed by atoms with van der Waals surface area (Å²) in [4.78, 5) is 16.5. The summed E-state index contributed by atoms with van der Waals surface area (Å²) in [7, 11) is 0. The van der Waals surface area contributed by atoms with Crippen LogP contribution in [0.5, 0.6) is 0 Å². The van der Waals surface area contributed by atoms with Crippen molar-refractivity contribution in [3.05, 3.63) is 88.2 Å². The summed E-state index contributed by atoms with van der Waals surface area (Å²) < 4.78 is 0. The molecule has 0 radical (unpaired) electrons. The second-order valence-corrected chi connectivity index (χ2v) is 6.55. The van der Waals surface area contributed by atoms with Gasteiger partial charge in [-0.15, -0.1) is 0 Å². The van der Waals surface area contributed by atoms with Crippen molar-refractivity contribution in [2.45, 2.75) is 6.42 Å². The second-order valence-electron chi connectivity index (χ2n) is 5.70. The average Bonchev–Trinajstić information content (AvgIpc) is 2.64. The first kappa shape index (κ1) is 18.2. The predicted octanol–water partition coefficient (Wildman–Crippen LogP) is 5.30. The van der Waals surface area contributed by atoms with Crippen LogP contribution in [0, 0.1) is 0 Å². The van der Waals surface area contributed by atoms with Gasteiger partial charge in [0.05, 0.1) is 22.0 Å². The standard InChI is InChI=1S/C20H17Cl2N3O/c21-16-5-3-4-14(10-16)8-9-24-17-11-15(12-23-13-17)20(26)25-19-7-2-1-6-18(19)22/h1-7,10-13,24H,8-9H2,(H,25,26). The summed E-state index contributed by atoms with van der Waals surface area (Å²) in [6.45, 7) is 0.706. The van der Waals surface area contributed by atoms with E-state index in [0.717, 1.165) is 22.7 Å². The van der Waals surface area contributed by atoms with Crippen LogP contribution in [0.2, 0.25) is 10.0 Å². The number of carbonyl (C=O) groups excluding carboxylic acids is 1. The number of hydrogen-bond donors (Lipinski definition) is 2. The first-order chi connectivity index (χ1) is 12.6. The maximum Gasteiger partial charge on any atom is 0.257 e. The second kappa shape index (κ2) is 8.70. The number of anilines is 2. The number of nitrogens with one attached hydrogen (secondary N) is 2. The summed E-state index contributed by atoms with van der Waals surface area (Å²) in [5.74, 6) is -0.260. The smallest absolute Gasteiger partial charge is 0.257 e. The lowest BCUT2D eigenvalue weighted by molar-refractivity contribution is 0.102. The molecular weight excluding hydrogens is 369 g/mol. The third kappa shape index (κ3) is 4.97. The molecule has 1 aromatic heterocycles. The van der Waals surface area contributed by atoms with Gasteiger partial charge in [-0.3, -0.25) is 9.78 Å². The van der Waals surface area contributed by atoms with Crippen molar-refractivity contribution in [1.82, 2.24) is 4.98 Å². The van der Waals surface area contributed by atoms with Crippen molar-refractivity contribution in [3.8, 4) is 0 Å². The molecule has 0 saturated heterocycles. The zero-order valence-corrected chi connectivity index (χ0v) is 15.4. The Morgan fingerprint density at radius 1 is 1.00 bits per heavy atom. The van der Waals surface area contributed by atoms with E-state index in [1.54, 1.807) is 24.4 Å². The molecule has 0 aliphatic rings. The summed E-state index contributed by atoms with van der Waals surface area (Å²) in [5.41, 5.74) is 2.94. The number of rotatable bonds is 6. The van der Waals surface area contributed by atoms with E-state index in [4.69, 9.17) is 23.2 Å². The number of aromatic nitrogens is 1. The van der Waals surface area contributed by atoms with E-state index >= 15 is 0 Å². The number of halogens is 2. The van der Waals surface area contributed by atoms with Crippen LogP contribution in [0.4, 0.5) is 11.4 Å². The first-order valence-corrected chi connectivity index (χ1v) is 8.86. The SMILES string of the molecule is O=C(Nc1ccccc1Cl)c1cncc(NCCc2cccc(Cl)c2)c1. The molecule has 3 rings (SSSR count). The molecule has 0 aliphatic carbocycles. The zero-order chi connectivity index (χ0) is 18.4. The van der Waals surface area contributed by atoms with Gasteiger partial charge in [-0.2, -0.15) is 0 Å². The summed E-state index contributed by atoms with van der Waals surface area (Å²) in [6, 6.07) is 16.6.